The van der Waals surface area contributed by atoms with Crippen LogP contribution >= 0.6 is 12.4 Å². The maximum Gasteiger partial charge on any atom is 0.266 e. The van der Waals surface area contributed by atoms with Gasteiger partial charge < -0.3 is 10.7 Å². The van der Waals surface area contributed by atoms with Crippen LogP contribution in [0.1, 0.15) is 5.69 Å². The first-order chi connectivity index (χ1) is 4.33. The smallest absolute Gasteiger partial charge is 0.266 e. The van der Waals surface area contributed by atoms with Gasteiger partial charge in [0, 0.05) is 12.7 Å². The van der Waals surface area contributed by atoms with Gasteiger partial charge in [-0.3, -0.25) is 9.78 Å². The number of aromatic amines is 1. The maximum atomic E-state index is 10.5. The van der Waals surface area contributed by atoms with Gasteiger partial charge in [0.05, 0.1) is 11.9 Å². The summed E-state index contributed by atoms with van der Waals surface area (Å²) in [5, 5.41) is 0. The molecule has 0 saturated carbocycles. The van der Waals surface area contributed by atoms with E-state index < -0.39 is 0 Å². The third-order valence-electron chi connectivity index (χ3n) is 0.926. The van der Waals surface area contributed by atoms with E-state index in [2.05, 4.69) is 9.97 Å². The monoisotopic (exact) mass is 161 g/mol. The van der Waals surface area contributed by atoms with E-state index in [0.29, 0.717) is 12.2 Å². The quantitative estimate of drug-likeness (QED) is 0.592. The second kappa shape index (κ2) is 4.03. The number of nitrogens with one attached hydrogen (secondary N) is 1. The highest BCUT2D eigenvalue weighted by Gasteiger charge is 1.86. The molecule has 0 aliphatic carbocycles. The number of nitrogens with zero attached hydrogens (tertiary/aromatic N) is 1. The van der Waals surface area contributed by atoms with Crippen LogP contribution in [0.4, 0.5) is 0 Å². The van der Waals surface area contributed by atoms with Crippen LogP contribution in [0.5, 0.6) is 0 Å². The second-order valence-electron chi connectivity index (χ2n) is 1.63. The number of aromatic nitrogens is 2. The minimum atomic E-state index is -0.210. The van der Waals surface area contributed by atoms with Crippen molar-refractivity contribution >= 4 is 12.4 Å². The zero-order valence-electron chi connectivity index (χ0n) is 5.20. The summed E-state index contributed by atoms with van der Waals surface area (Å²) >= 11 is 0. The van der Waals surface area contributed by atoms with E-state index in [0.717, 1.165) is 0 Å². The Balaban J connectivity index is 0.000000810. The fourth-order valence-electron chi connectivity index (χ4n) is 0.521. The van der Waals surface area contributed by atoms with Crippen molar-refractivity contribution in [2.24, 2.45) is 5.73 Å². The standard InChI is InChI=1S/C5H7N3O.ClH/c6-1-4-2-7-3-5(9)8-4;/h2-3H,1,6H2,(H,8,9);1H. The lowest BCUT2D eigenvalue weighted by Gasteiger charge is -1.90. The Bertz CT molecular complexity index is 247. The van der Waals surface area contributed by atoms with Crippen LogP contribution in [0.2, 0.25) is 0 Å². The highest BCUT2D eigenvalue weighted by molar-refractivity contribution is 5.85. The summed E-state index contributed by atoms with van der Waals surface area (Å²) in [5.74, 6) is 0. The summed E-state index contributed by atoms with van der Waals surface area (Å²) in [6.07, 6.45) is 2.74. The first kappa shape index (κ1) is 9.13. The third kappa shape index (κ3) is 2.16. The van der Waals surface area contributed by atoms with Crippen LogP contribution in [-0.2, 0) is 6.54 Å². The fourth-order valence-corrected chi connectivity index (χ4v) is 0.521. The Morgan fingerprint density at radius 3 is 2.70 bits per heavy atom. The molecule has 1 aromatic heterocycles. The molecular formula is C5H8ClN3O. The molecule has 0 spiro atoms. The van der Waals surface area contributed by atoms with Crippen LogP contribution in [0, 0.1) is 0 Å². The molecule has 56 valence electrons. The number of hydrogen-bond donors (Lipinski definition) is 2. The topological polar surface area (TPSA) is 71.8 Å². The molecule has 0 unspecified atom stereocenters. The van der Waals surface area contributed by atoms with Gasteiger partial charge in [0.15, 0.2) is 0 Å². The fraction of sp³-hybridized carbons (Fsp3) is 0.200. The van der Waals surface area contributed by atoms with E-state index >= 15 is 0 Å². The zero-order chi connectivity index (χ0) is 6.69. The van der Waals surface area contributed by atoms with Crippen molar-refractivity contribution in [1.82, 2.24) is 9.97 Å². The van der Waals surface area contributed by atoms with Crippen LogP contribution < -0.4 is 11.3 Å². The Kier molecular flexibility index (Phi) is 3.68. The van der Waals surface area contributed by atoms with Crippen LogP contribution in [0.25, 0.3) is 0 Å². The van der Waals surface area contributed by atoms with E-state index in [-0.39, 0.29) is 18.0 Å². The summed E-state index contributed by atoms with van der Waals surface area (Å²) in [4.78, 5) is 16.6. The van der Waals surface area contributed by atoms with E-state index in [9.17, 15) is 4.79 Å². The first-order valence-electron chi connectivity index (χ1n) is 2.56. The molecule has 1 rings (SSSR count). The molecule has 0 aliphatic rings. The van der Waals surface area contributed by atoms with Gasteiger partial charge in [-0.15, -0.1) is 12.4 Å². The molecular weight excluding hydrogens is 154 g/mol. The Morgan fingerprint density at radius 1 is 1.60 bits per heavy atom. The summed E-state index contributed by atoms with van der Waals surface area (Å²) in [5.41, 5.74) is 5.65. The molecule has 1 heterocycles. The van der Waals surface area contributed by atoms with Crippen LogP contribution in [0.3, 0.4) is 0 Å². The van der Waals surface area contributed by atoms with Gasteiger partial charge in [-0.1, -0.05) is 0 Å². The van der Waals surface area contributed by atoms with Crippen molar-refractivity contribution in [2.45, 2.75) is 6.54 Å². The van der Waals surface area contributed by atoms with E-state index in [1.807, 2.05) is 0 Å². The average Bonchev–Trinajstić information content (AvgIpc) is 1.88. The van der Waals surface area contributed by atoms with E-state index in [1.165, 1.54) is 12.4 Å². The maximum absolute atomic E-state index is 10.5. The lowest BCUT2D eigenvalue weighted by Crippen LogP contribution is -2.10. The largest absolute Gasteiger partial charge is 0.325 e. The van der Waals surface area contributed by atoms with Crippen molar-refractivity contribution in [1.29, 1.82) is 0 Å². The molecule has 5 heteroatoms. The number of halogens is 1. The number of H-pyrrole nitrogens is 1. The molecule has 0 saturated heterocycles. The molecule has 10 heavy (non-hydrogen) atoms. The summed E-state index contributed by atoms with van der Waals surface area (Å²) in [7, 11) is 0. The first-order valence-corrected chi connectivity index (χ1v) is 2.56. The van der Waals surface area contributed by atoms with Crippen molar-refractivity contribution in [3.63, 3.8) is 0 Å². The second-order valence-corrected chi connectivity index (χ2v) is 1.63. The minimum Gasteiger partial charge on any atom is -0.325 e. The van der Waals surface area contributed by atoms with Crippen molar-refractivity contribution < 1.29 is 0 Å². The van der Waals surface area contributed by atoms with Crippen molar-refractivity contribution in [3.05, 3.63) is 28.4 Å². The molecule has 3 N–H and O–H groups in total. The van der Waals surface area contributed by atoms with E-state index in [1.54, 1.807) is 0 Å². The van der Waals surface area contributed by atoms with E-state index in [4.69, 9.17) is 5.73 Å². The highest BCUT2D eigenvalue weighted by Crippen LogP contribution is 1.80. The van der Waals surface area contributed by atoms with Gasteiger partial charge in [0.2, 0.25) is 0 Å². The molecule has 4 nitrogen and oxygen atoms in total. The molecule has 0 aliphatic heterocycles. The summed E-state index contributed by atoms with van der Waals surface area (Å²) in [6.45, 7) is 0.322. The normalized spacial score (nSPS) is 8.50. The lowest BCUT2D eigenvalue weighted by molar-refractivity contribution is 0.942. The third-order valence-corrected chi connectivity index (χ3v) is 0.926. The number of nitrogens with two attached hydrogens (primary N) is 1. The van der Waals surface area contributed by atoms with Crippen LogP contribution in [0.15, 0.2) is 17.2 Å². The van der Waals surface area contributed by atoms with Gasteiger partial charge in [-0.25, -0.2) is 0 Å². The van der Waals surface area contributed by atoms with Gasteiger partial charge in [-0.2, -0.15) is 0 Å². The zero-order valence-corrected chi connectivity index (χ0v) is 6.02. The molecule has 0 aromatic carbocycles. The van der Waals surface area contributed by atoms with Gasteiger partial charge >= 0.3 is 0 Å². The molecule has 0 radical (unpaired) electrons. The van der Waals surface area contributed by atoms with Gasteiger partial charge in [-0.05, 0) is 0 Å². The van der Waals surface area contributed by atoms with Crippen LogP contribution in [-0.4, -0.2) is 9.97 Å². The van der Waals surface area contributed by atoms with Crippen molar-refractivity contribution in [2.75, 3.05) is 0 Å². The SMILES string of the molecule is Cl.NCc1cncc(=O)[nH]1. The summed E-state index contributed by atoms with van der Waals surface area (Å²) in [6, 6.07) is 0. The Hall–Kier alpha value is -0.870. The number of hydrogen-bond acceptors (Lipinski definition) is 3. The van der Waals surface area contributed by atoms with Gasteiger partial charge in [0.25, 0.3) is 5.56 Å². The molecule has 0 fully saturated rings. The highest BCUT2D eigenvalue weighted by atomic mass is 35.5. The molecule has 1 aromatic rings. The Morgan fingerprint density at radius 2 is 2.30 bits per heavy atom. The van der Waals surface area contributed by atoms with Gasteiger partial charge in [0.1, 0.15) is 0 Å². The molecule has 0 atom stereocenters. The lowest BCUT2D eigenvalue weighted by atomic mass is 10.5. The summed E-state index contributed by atoms with van der Waals surface area (Å²) < 4.78 is 0. The number of rotatable bonds is 1. The Labute approximate surface area is 63.9 Å². The minimum absolute atomic E-state index is 0. The molecule has 0 bridgehead atoms. The van der Waals surface area contributed by atoms with Crippen molar-refractivity contribution in [3.8, 4) is 0 Å². The molecule has 0 amide bonds. The average molecular weight is 162 g/mol. The predicted molar refractivity (Wildman–Crippen MR) is 40.0 cm³/mol. The predicted octanol–water partition coefficient (Wildman–Crippen LogP) is -0.350.